The van der Waals surface area contributed by atoms with Gasteiger partial charge in [0.25, 0.3) is 5.91 Å². The van der Waals surface area contributed by atoms with E-state index in [0.29, 0.717) is 17.0 Å². The monoisotopic (exact) mass is 395 g/mol. The van der Waals surface area contributed by atoms with Crippen molar-refractivity contribution in [3.8, 4) is 0 Å². The third-order valence-electron chi connectivity index (χ3n) is 4.34. The van der Waals surface area contributed by atoms with Crippen LogP contribution >= 0.6 is 11.3 Å². The number of ether oxygens (including phenoxy) is 1. The number of rotatable bonds is 6. The molecule has 4 heterocycles. The summed E-state index contributed by atoms with van der Waals surface area (Å²) in [7, 11) is 1.79. The van der Waals surface area contributed by atoms with Crippen LogP contribution in [0.15, 0.2) is 64.9 Å². The molecule has 7 nitrogen and oxygen atoms in total. The van der Waals surface area contributed by atoms with E-state index in [1.165, 1.54) is 23.8 Å². The number of esters is 1. The van der Waals surface area contributed by atoms with Crippen molar-refractivity contribution < 1.29 is 18.7 Å². The van der Waals surface area contributed by atoms with Gasteiger partial charge >= 0.3 is 5.97 Å². The highest BCUT2D eigenvalue weighted by molar-refractivity contribution is 7.17. The van der Waals surface area contributed by atoms with Gasteiger partial charge in [-0.05, 0) is 35.7 Å². The number of nitrogens with zero attached hydrogens (tertiary/aromatic N) is 2. The fraction of sp³-hybridized carbons (Fsp3) is 0.150. The van der Waals surface area contributed by atoms with Crippen LogP contribution < -0.4 is 5.32 Å². The van der Waals surface area contributed by atoms with E-state index >= 15 is 0 Å². The van der Waals surface area contributed by atoms with Gasteiger partial charge in [-0.25, -0.2) is 4.79 Å². The summed E-state index contributed by atoms with van der Waals surface area (Å²) < 4.78 is 13.6. The molecule has 0 aliphatic heterocycles. The van der Waals surface area contributed by atoms with Crippen molar-refractivity contribution >= 4 is 33.4 Å². The van der Waals surface area contributed by atoms with Gasteiger partial charge in [0.1, 0.15) is 11.5 Å². The molecule has 0 radical (unpaired) electrons. The molecule has 142 valence electrons. The zero-order chi connectivity index (χ0) is 19.5. The Balaban J connectivity index is 1.56. The lowest BCUT2D eigenvalue weighted by molar-refractivity contribution is -0.130. The Morgan fingerprint density at radius 2 is 2.21 bits per heavy atom. The summed E-state index contributed by atoms with van der Waals surface area (Å²) in [6.45, 7) is 0.194. The molecule has 0 spiro atoms. The quantitative estimate of drug-likeness (QED) is 0.506. The van der Waals surface area contributed by atoms with Gasteiger partial charge < -0.3 is 19.0 Å². The van der Waals surface area contributed by atoms with Crippen LogP contribution in [0, 0.1) is 0 Å². The third-order valence-corrected chi connectivity index (χ3v) is 5.19. The van der Waals surface area contributed by atoms with Gasteiger partial charge in [-0.2, -0.15) is 0 Å². The number of aromatic nitrogens is 2. The minimum Gasteiger partial charge on any atom is -0.467 e. The molecule has 8 heteroatoms. The zero-order valence-corrected chi connectivity index (χ0v) is 15.8. The van der Waals surface area contributed by atoms with Crippen molar-refractivity contribution in [3.05, 3.63) is 77.5 Å². The first-order valence-electron chi connectivity index (χ1n) is 8.57. The summed E-state index contributed by atoms with van der Waals surface area (Å²) >= 11 is 1.54. The first kappa shape index (κ1) is 18.0. The largest absolute Gasteiger partial charge is 0.467 e. The number of nitrogens with one attached hydrogen (secondary N) is 1. The smallest absolute Gasteiger partial charge is 0.356 e. The normalized spacial score (nSPS) is 12.0. The highest BCUT2D eigenvalue weighted by atomic mass is 32.1. The summed E-state index contributed by atoms with van der Waals surface area (Å²) in [4.78, 5) is 29.6. The summed E-state index contributed by atoms with van der Waals surface area (Å²) in [5, 5.41) is 4.69. The number of pyridine rings is 1. The molecule has 0 saturated carbocycles. The Hall–Kier alpha value is -3.39. The average Bonchev–Trinajstić information content (AvgIpc) is 3.44. The molecular formula is C20H17N3O4S. The maximum atomic E-state index is 12.8. The number of carbonyl (C=O) groups is 2. The summed E-state index contributed by atoms with van der Waals surface area (Å²) in [6.07, 6.45) is 3.51. The molecule has 4 aromatic heterocycles. The van der Waals surface area contributed by atoms with Gasteiger partial charge in [0, 0.05) is 25.0 Å². The molecular weight excluding hydrogens is 378 g/mol. The predicted octanol–water partition coefficient (Wildman–Crippen LogP) is 3.44. The SMILES string of the molecule is Cn1c(C(=O)O[C@@H](C(=O)NCc2ccco2)c2cccnc2)cc2sccc21. The van der Waals surface area contributed by atoms with E-state index in [9.17, 15) is 9.59 Å². The van der Waals surface area contributed by atoms with Gasteiger partial charge in [0.2, 0.25) is 6.10 Å². The van der Waals surface area contributed by atoms with Crippen LogP contribution in [-0.2, 0) is 23.1 Å². The summed E-state index contributed by atoms with van der Waals surface area (Å²) in [5.74, 6) is -0.422. The maximum absolute atomic E-state index is 12.8. The molecule has 0 unspecified atom stereocenters. The number of amides is 1. The first-order valence-corrected chi connectivity index (χ1v) is 9.45. The Bertz CT molecular complexity index is 1100. The second-order valence-electron chi connectivity index (χ2n) is 6.13. The maximum Gasteiger partial charge on any atom is 0.356 e. The fourth-order valence-electron chi connectivity index (χ4n) is 2.90. The van der Waals surface area contributed by atoms with Gasteiger partial charge in [0.05, 0.1) is 23.0 Å². The number of aryl methyl sites for hydroxylation is 1. The predicted molar refractivity (Wildman–Crippen MR) is 104 cm³/mol. The fourth-order valence-corrected chi connectivity index (χ4v) is 3.75. The number of hydrogen-bond acceptors (Lipinski definition) is 6. The van der Waals surface area contributed by atoms with Crippen LogP contribution in [0.4, 0.5) is 0 Å². The summed E-state index contributed by atoms with van der Waals surface area (Å²) in [6, 6.07) is 10.6. The van der Waals surface area contributed by atoms with Crippen molar-refractivity contribution in [3.63, 3.8) is 0 Å². The van der Waals surface area contributed by atoms with E-state index in [-0.39, 0.29) is 6.54 Å². The minimum absolute atomic E-state index is 0.194. The minimum atomic E-state index is -1.12. The van der Waals surface area contributed by atoms with Gasteiger partial charge in [-0.15, -0.1) is 11.3 Å². The molecule has 0 aliphatic rings. The molecule has 1 N–H and O–H groups in total. The highest BCUT2D eigenvalue weighted by Gasteiger charge is 2.27. The van der Waals surface area contributed by atoms with Crippen LogP contribution in [-0.4, -0.2) is 21.4 Å². The Labute approximate surface area is 164 Å². The Kier molecular flexibility index (Phi) is 4.94. The van der Waals surface area contributed by atoms with Crippen molar-refractivity contribution in [2.45, 2.75) is 12.6 Å². The molecule has 1 amide bonds. The topological polar surface area (TPSA) is 86.4 Å². The highest BCUT2D eigenvalue weighted by Crippen LogP contribution is 2.26. The molecule has 4 rings (SSSR count). The Morgan fingerprint density at radius 3 is 2.93 bits per heavy atom. The van der Waals surface area contributed by atoms with E-state index < -0.39 is 18.0 Å². The first-order chi connectivity index (χ1) is 13.6. The molecule has 4 aromatic rings. The molecule has 0 saturated heterocycles. The van der Waals surface area contributed by atoms with Crippen LogP contribution in [0.3, 0.4) is 0 Å². The average molecular weight is 395 g/mol. The van der Waals surface area contributed by atoms with Gasteiger partial charge in [-0.3, -0.25) is 9.78 Å². The zero-order valence-electron chi connectivity index (χ0n) is 15.0. The standard InChI is InChI=1S/C20H17N3O4S/c1-23-15-6-9-28-17(15)10-16(23)20(25)27-18(13-4-2-7-21-11-13)19(24)22-12-14-5-3-8-26-14/h2-11,18H,12H2,1H3,(H,22,24)/t18-/m1/s1. The van der Waals surface area contributed by atoms with E-state index in [1.807, 2.05) is 11.4 Å². The van der Waals surface area contributed by atoms with Crippen molar-refractivity contribution in [1.29, 1.82) is 0 Å². The molecule has 0 fully saturated rings. The molecule has 0 aliphatic carbocycles. The number of thiophene rings is 1. The van der Waals surface area contributed by atoms with Crippen LogP contribution in [0.25, 0.3) is 10.2 Å². The third kappa shape index (κ3) is 3.54. The summed E-state index contributed by atoms with van der Waals surface area (Å²) in [5.41, 5.74) is 1.82. The van der Waals surface area contributed by atoms with Crippen LogP contribution in [0.2, 0.25) is 0 Å². The van der Waals surface area contributed by atoms with Crippen molar-refractivity contribution in [2.75, 3.05) is 0 Å². The number of furan rings is 1. The van der Waals surface area contributed by atoms with Crippen molar-refractivity contribution in [1.82, 2.24) is 14.9 Å². The lowest BCUT2D eigenvalue weighted by Crippen LogP contribution is -2.32. The van der Waals surface area contributed by atoms with E-state index in [0.717, 1.165) is 10.2 Å². The van der Waals surface area contributed by atoms with Gasteiger partial charge in [0.15, 0.2) is 0 Å². The molecule has 0 bridgehead atoms. The molecule has 28 heavy (non-hydrogen) atoms. The number of fused-ring (bicyclic) bond motifs is 1. The number of hydrogen-bond donors (Lipinski definition) is 1. The lowest BCUT2D eigenvalue weighted by atomic mass is 10.1. The van der Waals surface area contributed by atoms with Gasteiger partial charge in [-0.1, -0.05) is 6.07 Å². The molecule has 1 atom stereocenters. The van der Waals surface area contributed by atoms with E-state index in [1.54, 1.807) is 48.1 Å². The van der Waals surface area contributed by atoms with E-state index in [2.05, 4.69) is 10.3 Å². The second-order valence-corrected chi connectivity index (χ2v) is 7.08. The van der Waals surface area contributed by atoms with Crippen molar-refractivity contribution in [2.24, 2.45) is 7.05 Å². The van der Waals surface area contributed by atoms with E-state index in [4.69, 9.17) is 9.15 Å². The van der Waals surface area contributed by atoms with Crippen LogP contribution in [0.5, 0.6) is 0 Å². The number of carbonyl (C=O) groups excluding carboxylic acids is 2. The Morgan fingerprint density at radius 1 is 1.32 bits per heavy atom. The second kappa shape index (κ2) is 7.69. The van der Waals surface area contributed by atoms with Crippen LogP contribution in [0.1, 0.15) is 27.9 Å². The molecule has 0 aromatic carbocycles. The lowest BCUT2D eigenvalue weighted by Gasteiger charge is -2.17.